The molecule has 1 fully saturated rings. The van der Waals surface area contributed by atoms with Gasteiger partial charge < -0.3 is 20.4 Å². The van der Waals surface area contributed by atoms with Crippen LogP contribution in [0.3, 0.4) is 0 Å². The molecular formula is C34H41ClN4O4. The first-order valence-corrected chi connectivity index (χ1v) is 15.2. The molecule has 0 saturated carbocycles. The molecule has 43 heavy (non-hydrogen) atoms. The monoisotopic (exact) mass is 604 g/mol. The van der Waals surface area contributed by atoms with E-state index in [0.717, 1.165) is 21.9 Å². The minimum absolute atomic E-state index is 0.100. The summed E-state index contributed by atoms with van der Waals surface area (Å²) in [7, 11) is 0. The van der Waals surface area contributed by atoms with E-state index in [1.165, 1.54) is 6.92 Å². The Labute approximate surface area is 258 Å². The van der Waals surface area contributed by atoms with Crippen molar-refractivity contribution >= 4 is 46.0 Å². The molecular weight excluding hydrogens is 564 g/mol. The molecule has 0 aromatic heterocycles. The van der Waals surface area contributed by atoms with Gasteiger partial charge in [-0.3, -0.25) is 19.2 Å². The minimum atomic E-state index is -0.850. The van der Waals surface area contributed by atoms with Crippen molar-refractivity contribution in [2.24, 2.45) is 5.92 Å². The van der Waals surface area contributed by atoms with Crippen molar-refractivity contribution in [3.8, 4) is 0 Å². The fraction of sp³-hybridized carbons (Fsp3) is 0.412. The number of halogens is 1. The van der Waals surface area contributed by atoms with Gasteiger partial charge in [0.05, 0.1) is 0 Å². The summed E-state index contributed by atoms with van der Waals surface area (Å²) < 4.78 is 0. The number of nitrogens with one attached hydrogen (secondary N) is 2. The van der Waals surface area contributed by atoms with E-state index in [4.69, 9.17) is 11.6 Å². The Kier molecular flexibility index (Phi) is 10.5. The largest absolute Gasteiger partial charge is 0.352 e. The van der Waals surface area contributed by atoms with E-state index in [1.54, 1.807) is 21.9 Å². The molecule has 0 spiro atoms. The molecule has 1 saturated heterocycles. The first-order valence-electron chi connectivity index (χ1n) is 14.8. The average molecular weight is 605 g/mol. The zero-order chi connectivity index (χ0) is 31.3. The summed E-state index contributed by atoms with van der Waals surface area (Å²) in [6.07, 6.45) is 0.606. The van der Waals surface area contributed by atoms with Crippen LogP contribution >= 0.6 is 11.6 Å². The van der Waals surface area contributed by atoms with Crippen molar-refractivity contribution in [2.75, 3.05) is 13.1 Å². The van der Waals surface area contributed by atoms with Crippen LogP contribution in [0.15, 0.2) is 66.7 Å². The van der Waals surface area contributed by atoms with Gasteiger partial charge in [-0.15, -0.1) is 0 Å². The van der Waals surface area contributed by atoms with Crippen molar-refractivity contribution in [1.29, 1.82) is 0 Å². The summed E-state index contributed by atoms with van der Waals surface area (Å²) in [5, 5.41) is 8.52. The van der Waals surface area contributed by atoms with Gasteiger partial charge in [0.15, 0.2) is 0 Å². The third-order valence-corrected chi connectivity index (χ3v) is 8.00. The smallest absolute Gasteiger partial charge is 0.246 e. The number of hydrogen-bond donors (Lipinski definition) is 2. The molecule has 9 heteroatoms. The predicted molar refractivity (Wildman–Crippen MR) is 170 cm³/mol. The summed E-state index contributed by atoms with van der Waals surface area (Å²) >= 11 is 6.04. The van der Waals surface area contributed by atoms with Gasteiger partial charge in [-0.1, -0.05) is 80.0 Å². The van der Waals surface area contributed by atoms with Crippen molar-refractivity contribution < 1.29 is 19.2 Å². The zero-order valence-corrected chi connectivity index (χ0v) is 26.2. The molecule has 3 atom stereocenters. The molecule has 2 N–H and O–H groups in total. The number of carbonyl (C=O) groups is 4. The number of fused-ring (bicyclic) bond motifs is 1. The van der Waals surface area contributed by atoms with Crippen molar-refractivity contribution in [1.82, 2.24) is 20.4 Å². The summed E-state index contributed by atoms with van der Waals surface area (Å²) in [5.74, 6) is -1.37. The summed E-state index contributed by atoms with van der Waals surface area (Å²) in [6, 6.07) is 18.8. The maximum atomic E-state index is 14.2. The van der Waals surface area contributed by atoms with Gasteiger partial charge >= 0.3 is 0 Å². The van der Waals surface area contributed by atoms with Crippen LogP contribution in [0.4, 0.5) is 0 Å². The fourth-order valence-corrected chi connectivity index (χ4v) is 5.91. The van der Waals surface area contributed by atoms with Gasteiger partial charge in [0.2, 0.25) is 23.6 Å². The Bertz CT molecular complexity index is 1470. The highest BCUT2D eigenvalue weighted by Crippen LogP contribution is 2.25. The van der Waals surface area contributed by atoms with Crippen LogP contribution < -0.4 is 10.6 Å². The number of amides is 4. The normalized spacial score (nSPS) is 16.8. The van der Waals surface area contributed by atoms with Crippen LogP contribution in [0.2, 0.25) is 5.02 Å². The van der Waals surface area contributed by atoms with Crippen LogP contribution in [-0.4, -0.2) is 70.7 Å². The van der Waals surface area contributed by atoms with Crippen molar-refractivity contribution in [3.05, 3.63) is 82.9 Å². The lowest BCUT2D eigenvalue weighted by Crippen LogP contribution is -2.67. The first kappa shape index (κ1) is 32.0. The minimum Gasteiger partial charge on any atom is -0.352 e. The number of benzene rings is 3. The van der Waals surface area contributed by atoms with E-state index in [0.29, 0.717) is 11.4 Å². The number of nitrogens with zero attached hydrogens (tertiary/aromatic N) is 2. The van der Waals surface area contributed by atoms with Crippen LogP contribution in [-0.2, 0) is 32.0 Å². The Balaban J connectivity index is 1.61. The van der Waals surface area contributed by atoms with Crippen LogP contribution in [0.5, 0.6) is 0 Å². The number of rotatable bonds is 10. The SMILES string of the molecule is CC(=O)NC(Cc1ccc(Cl)cc1)C(=O)N1CCN(C(Cc2ccc3ccccc3c2)C(=O)NC(C)C)C(=O)[C@H]1C(C)C. The van der Waals surface area contributed by atoms with Gasteiger partial charge in [0.25, 0.3) is 0 Å². The van der Waals surface area contributed by atoms with Gasteiger partial charge in [0.1, 0.15) is 18.1 Å². The topological polar surface area (TPSA) is 98.8 Å². The lowest BCUT2D eigenvalue weighted by molar-refractivity contribution is -0.159. The van der Waals surface area contributed by atoms with E-state index >= 15 is 0 Å². The van der Waals surface area contributed by atoms with Gasteiger partial charge in [-0.05, 0) is 53.8 Å². The lowest BCUT2D eigenvalue weighted by Gasteiger charge is -2.45. The molecule has 0 bridgehead atoms. The van der Waals surface area contributed by atoms with Crippen LogP contribution in [0.1, 0.15) is 45.7 Å². The lowest BCUT2D eigenvalue weighted by atomic mass is 9.93. The van der Waals surface area contributed by atoms with Crippen molar-refractivity contribution in [2.45, 2.75) is 71.6 Å². The summed E-state index contributed by atoms with van der Waals surface area (Å²) in [6.45, 7) is 9.39. The Morgan fingerprint density at radius 2 is 1.51 bits per heavy atom. The third kappa shape index (κ3) is 7.93. The third-order valence-electron chi connectivity index (χ3n) is 7.75. The van der Waals surface area contributed by atoms with E-state index in [9.17, 15) is 19.2 Å². The van der Waals surface area contributed by atoms with Gasteiger partial charge in [-0.2, -0.15) is 0 Å². The maximum absolute atomic E-state index is 14.2. The molecule has 4 rings (SSSR count). The highest BCUT2D eigenvalue weighted by atomic mass is 35.5. The van der Waals surface area contributed by atoms with E-state index in [-0.39, 0.29) is 55.1 Å². The Morgan fingerprint density at radius 1 is 0.860 bits per heavy atom. The highest BCUT2D eigenvalue weighted by molar-refractivity contribution is 6.30. The van der Waals surface area contributed by atoms with Crippen LogP contribution in [0, 0.1) is 5.92 Å². The number of hydrogen-bond acceptors (Lipinski definition) is 4. The van der Waals surface area contributed by atoms with Crippen molar-refractivity contribution in [3.63, 3.8) is 0 Å². The molecule has 3 aromatic carbocycles. The molecule has 1 heterocycles. The first-order chi connectivity index (χ1) is 20.4. The van der Waals surface area contributed by atoms with E-state index < -0.39 is 18.1 Å². The molecule has 1 aliphatic rings. The fourth-order valence-electron chi connectivity index (χ4n) is 5.79. The molecule has 0 radical (unpaired) electrons. The van der Waals surface area contributed by atoms with Gasteiger partial charge in [-0.25, -0.2) is 0 Å². The molecule has 228 valence electrons. The zero-order valence-electron chi connectivity index (χ0n) is 25.5. The van der Waals surface area contributed by atoms with E-state index in [2.05, 4.69) is 16.7 Å². The highest BCUT2D eigenvalue weighted by Gasteiger charge is 2.44. The standard InChI is InChI=1S/C34H41ClN4O4/c1-21(2)31-34(43)38(16-17-39(31)33(42)29(37-23(5)40)19-24-11-14-28(35)15-12-24)30(32(41)36-22(3)4)20-25-10-13-26-8-6-7-9-27(26)18-25/h6-15,18,21-22,29-31H,16-17,19-20H2,1-5H3,(H,36,41)(H,37,40)/t29?,30?,31-/m1/s1. The Morgan fingerprint density at radius 3 is 2.14 bits per heavy atom. The second-order valence-corrected chi connectivity index (χ2v) is 12.3. The second-order valence-electron chi connectivity index (χ2n) is 11.9. The molecule has 3 aromatic rings. The molecule has 4 amide bonds. The molecule has 2 unspecified atom stereocenters. The molecule has 1 aliphatic heterocycles. The number of piperazine rings is 1. The number of carbonyl (C=O) groups excluding carboxylic acids is 4. The van der Waals surface area contributed by atoms with E-state index in [1.807, 2.05) is 76.2 Å². The van der Waals surface area contributed by atoms with Crippen LogP contribution in [0.25, 0.3) is 10.8 Å². The molecule has 8 nitrogen and oxygen atoms in total. The summed E-state index contributed by atoms with van der Waals surface area (Å²) in [5.41, 5.74) is 1.78. The quantitative estimate of drug-likeness (QED) is 0.359. The maximum Gasteiger partial charge on any atom is 0.246 e. The average Bonchev–Trinajstić information content (AvgIpc) is 2.95. The van der Waals surface area contributed by atoms with Gasteiger partial charge in [0, 0.05) is 43.9 Å². The predicted octanol–water partition coefficient (Wildman–Crippen LogP) is 4.37. The summed E-state index contributed by atoms with van der Waals surface area (Å²) in [4.78, 5) is 57.1. The Hall–Kier alpha value is -3.91. The molecule has 0 aliphatic carbocycles. The second kappa shape index (κ2) is 14.0.